The molecule has 0 bridgehead atoms. The van der Waals surface area contributed by atoms with Crippen molar-refractivity contribution in [2.45, 2.75) is 38.8 Å². The third-order valence-electron chi connectivity index (χ3n) is 2.11. The third kappa shape index (κ3) is 5.25. The summed E-state index contributed by atoms with van der Waals surface area (Å²) >= 11 is 0. The van der Waals surface area contributed by atoms with Crippen molar-refractivity contribution in [2.75, 3.05) is 0 Å². The van der Waals surface area contributed by atoms with Crippen molar-refractivity contribution in [2.24, 2.45) is 0 Å². The summed E-state index contributed by atoms with van der Waals surface area (Å²) in [5.74, 6) is -2.59. The lowest BCUT2D eigenvalue weighted by Gasteiger charge is -2.27. The van der Waals surface area contributed by atoms with Gasteiger partial charge in [-0.15, -0.1) is 0 Å². The van der Waals surface area contributed by atoms with Gasteiger partial charge in [-0.25, -0.2) is 0 Å². The molecule has 0 aliphatic rings. The van der Waals surface area contributed by atoms with Crippen LogP contribution in [0.5, 0.6) is 0 Å². The Labute approximate surface area is 93.3 Å². The number of hydrogen-bond donors (Lipinski definition) is 4. The predicted octanol–water partition coefficient (Wildman–Crippen LogP) is 0.898. The second kappa shape index (κ2) is 5.98. The normalized spacial score (nSPS) is 14.7. The lowest BCUT2D eigenvalue weighted by Crippen LogP contribution is -2.29. The topological polar surface area (TPSA) is 132 Å². The average Bonchev–Trinajstić information content (AvgIpc) is 1.97. The van der Waals surface area contributed by atoms with E-state index in [1.807, 2.05) is 0 Å². The molecule has 0 saturated carbocycles. The van der Waals surface area contributed by atoms with Crippen molar-refractivity contribution in [3.63, 3.8) is 0 Å². The monoisotopic (exact) mass is 256 g/mol. The summed E-state index contributed by atoms with van der Waals surface area (Å²) in [7, 11) is -4.64. The summed E-state index contributed by atoms with van der Waals surface area (Å²) in [6, 6.07) is 0. The maximum Gasteiger partial charge on any atom is 0.331 e. The smallest absolute Gasteiger partial charge is 0.331 e. The van der Waals surface area contributed by atoms with Crippen LogP contribution < -0.4 is 0 Å². The van der Waals surface area contributed by atoms with E-state index in [9.17, 15) is 14.2 Å². The molecular formula is C8H17O7P. The van der Waals surface area contributed by atoms with Gasteiger partial charge in [0.2, 0.25) is 0 Å². The minimum Gasteiger partial charge on any atom is -0.481 e. The Morgan fingerprint density at radius 2 is 1.62 bits per heavy atom. The Balaban J connectivity index is 0. The van der Waals surface area contributed by atoms with Gasteiger partial charge in [0.15, 0.2) is 0 Å². The van der Waals surface area contributed by atoms with E-state index in [0.717, 1.165) is 6.92 Å². The number of carboxylic acid groups (broad SMARTS) is 2. The number of hydrogen-bond acceptors (Lipinski definition) is 3. The van der Waals surface area contributed by atoms with E-state index in [4.69, 9.17) is 20.0 Å². The van der Waals surface area contributed by atoms with Crippen molar-refractivity contribution in [3.05, 3.63) is 0 Å². The molecule has 1 atom stereocenters. The van der Waals surface area contributed by atoms with Gasteiger partial charge in [0.05, 0.1) is 11.6 Å². The molecule has 0 saturated heterocycles. The standard InChI is InChI=1S/C7H13O7P.CH4/c1-7(4-6(10)11,15(12,13)14)3-2-5(8)9;/h2-4H2,1H3,(H,8,9)(H,10,11)(H2,12,13,14);1H4. The first-order chi connectivity index (χ1) is 6.58. The molecule has 1 unspecified atom stereocenters. The van der Waals surface area contributed by atoms with Gasteiger partial charge >= 0.3 is 19.5 Å². The Morgan fingerprint density at radius 3 is 1.88 bits per heavy atom. The van der Waals surface area contributed by atoms with Crippen LogP contribution in [0.4, 0.5) is 0 Å². The van der Waals surface area contributed by atoms with E-state index in [0.29, 0.717) is 0 Å². The first-order valence-corrected chi connectivity index (χ1v) is 5.69. The molecule has 4 N–H and O–H groups in total. The molecular weight excluding hydrogens is 239 g/mol. The summed E-state index contributed by atoms with van der Waals surface area (Å²) in [6.45, 7) is 1.07. The Hall–Kier alpha value is -0.910. The van der Waals surface area contributed by atoms with Crippen LogP contribution >= 0.6 is 7.60 Å². The molecule has 0 heterocycles. The molecule has 0 amide bonds. The SMILES string of the molecule is C.CC(CCC(=O)O)(CC(=O)O)P(=O)(O)O. The largest absolute Gasteiger partial charge is 0.481 e. The van der Waals surface area contributed by atoms with E-state index in [1.165, 1.54) is 0 Å². The van der Waals surface area contributed by atoms with E-state index in [1.54, 1.807) is 0 Å². The first-order valence-electron chi connectivity index (χ1n) is 4.08. The highest BCUT2D eigenvalue weighted by Gasteiger charge is 2.44. The molecule has 16 heavy (non-hydrogen) atoms. The summed E-state index contributed by atoms with van der Waals surface area (Å²) < 4.78 is 11.0. The Kier molecular flexibility index (Phi) is 6.54. The van der Waals surface area contributed by atoms with Gasteiger partial charge in [-0.2, -0.15) is 0 Å². The number of carbonyl (C=O) groups is 2. The quantitative estimate of drug-likeness (QED) is 0.519. The molecule has 0 radical (unpaired) electrons. The molecule has 96 valence electrons. The summed E-state index contributed by atoms with van der Waals surface area (Å²) in [6.07, 6.45) is -1.61. The molecule has 7 nitrogen and oxygen atoms in total. The van der Waals surface area contributed by atoms with Gasteiger partial charge in [-0.3, -0.25) is 14.2 Å². The van der Waals surface area contributed by atoms with Crippen LogP contribution in [0.15, 0.2) is 0 Å². The van der Waals surface area contributed by atoms with E-state index in [-0.39, 0.29) is 13.8 Å². The molecule has 8 heteroatoms. The van der Waals surface area contributed by atoms with Crippen LogP contribution in [-0.4, -0.2) is 37.1 Å². The maximum atomic E-state index is 11.0. The summed E-state index contributed by atoms with van der Waals surface area (Å²) in [5, 5.41) is 15.0. The van der Waals surface area contributed by atoms with E-state index in [2.05, 4.69) is 0 Å². The van der Waals surface area contributed by atoms with Crippen molar-refractivity contribution >= 4 is 19.5 Å². The van der Waals surface area contributed by atoms with Crippen molar-refractivity contribution in [1.29, 1.82) is 0 Å². The molecule has 0 aromatic rings. The zero-order valence-corrected chi connectivity index (χ0v) is 8.98. The zero-order chi connectivity index (χ0) is 12.3. The fraction of sp³-hybridized carbons (Fsp3) is 0.750. The molecule has 0 aliphatic heterocycles. The highest BCUT2D eigenvalue weighted by Crippen LogP contribution is 2.54. The molecule has 0 fully saturated rings. The number of rotatable bonds is 6. The van der Waals surface area contributed by atoms with Gasteiger partial charge in [-0.1, -0.05) is 7.43 Å². The van der Waals surface area contributed by atoms with Gasteiger partial charge in [0, 0.05) is 6.42 Å². The van der Waals surface area contributed by atoms with Gasteiger partial charge in [-0.05, 0) is 13.3 Å². The third-order valence-corrected chi connectivity index (χ3v) is 3.90. The average molecular weight is 256 g/mol. The van der Waals surface area contributed by atoms with Gasteiger partial charge in [0.1, 0.15) is 0 Å². The van der Waals surface area contributed by atoms with E-state index < -0.39 is 37.5 Å². The van der Waals surface area contributed by atoms with Crippen molar-refractivity contribution in [1.82, 2.24) is 0 Å². The van der Waals surface area contributed by atoms with Crippen LogP contribution in [0.25, 0.3) is 0 Å². The van der Waals surface area contributed by atoms with Crippen molar-refractivity contribution < 1.29 is 34.2 Å². The number of aliphatic carboxylic acids is 2. The van der Waals surface area contributed by atoms with Crippen molar-refractivity contribution in [3.8, 4) is 0 Å². The molecule has 0 spiro atoms. The highest BCUT2D eigenvalue weighted by atomic mass is 31.2. The Morgan fingerprint density at radius 1 is 1.19 bits per heavy atom. The van der Waals surface area contributed by atoms with Gasteiger partial charge < -0.3 is 20.0 Å². The summed E-state index contributed by atoms with van der Waals surface area (Å²) in [4.78, 5) is 38.6. The highest BCUT2D eigenvalue weighted by molar-refractivity contribution is 7.53. The minimum atomic E-state index is -4.64. The first kappa shape index (κ1) is 17.5. The van der Waals surface area contributed by atoms with Crippen LogP contribution in [0.2, 0.25) is 0 Å². The molecule has 0 rings (SSSR count). The van der Waals surface area contributed by atoms with E-state index >= 15 is 0 Å². The van der Waals surface area contributed by atoms with Crippen LogP contribution in [0, 0.1) is 0 Å². The number of carboxylic acids is 2. The predicted molar refractivity (Wildman–Crippen MR) is 56.3 cm³/mol. The second-order valence-electron chi connectivity index (χ2n) is 3.51. The fourth-order valence-electron chi connectivity index (χ4n) is 1.04. The molecule has 0 aromatic heterocycles. The zero-order valence-electron chi connectivity index (χ0n) is 8.08. The second-order valence-corrected chi connectivity index (χ2v) is 5.67. The molecule has 0 aromatic carbocycles. The minimum absolute atomic E-state index is 0. The lowest BCUT2D eigenvalue weighted by atomic mass is 10.0. The fourth-order valence-corrected chi connectivity index (χ4v) is 1.78. The van der Waals surface area contributed by atoms with Gasteiger partial charge in [0.25, 0.3) is 0 Å². The Bertz CT molecular complexity index is 308. The maximum absolute atomic E-state index is 11.0. The van der Waals surface area contributed by atoms with Crippen LogP contribution in [0.3, 0.4) is 0 Å². The molecule has 0 aliphatic carbocycles. The van der Waals surface area contributed by atoms with Crippen LogP contribution in [0.1, 0.15) is 33.6 Å². The lowest BCUT2D eigenvalue weighted by molar-refractivity contribution is -0.140. The summed E-state index contributed by atoms with van der Waals surface area (Å²) in [5.41, 5.74) is 0. The van der Waals surface area contributed by atoms with Crippen LogP contribution in [-0.2, 0) is 14.2 Å².